The molecule has 0 aliphatic heterocycles. The van der Waals surface area contributed by atoms with Gasteiger partial charge in [0.25, 0.3) is 0 Å². The molecule has 0 unspecified atom stereocenters. The quantitative estimate of drug-likeness (QED) is 0.284. The first-order valence-electron chi connectivity index (χ1n) is 6.00. The van der Waals surface area contributed by atoms with Gasteiger partial charge in [0.15, 0.2) is 5.69 Å². The molecule has 0 saturated carbocycles. The van der Waals surface area contributed by atoms with E-state index in [0.717, 1.165) is 22.3 Å². The fourth-order valence-corrected chi connectivity index (χ4v) is 1.54. The van der Waals surface area contributed by atoms with Crippen LogP contribution in [0.15, 0.2) is 29.3 Å². The second-order valence-corrected chi connectivity index (χ2v) is 4.41. The van der Waals surface area contributed by atoms with Crippen molar-refractivity contribution in [2.75, 3.05) is 18.4 Å². The average molecular weight is 265 g/mol. The van der Waals surface area contributed by atoms with Gasteiger partial charge in [-0.2, -0.15) is 5.48 Å². The molecule has 0 bridgehead atoms. The van der Waals surface area contributed by atoms with Crippen LogP contribution in [0.1, 0.15) is 24.2 Å². The van der Waals surface area contributed by atoms with Crippen LogP contribution in [0.2, 0.25) is 0 Å². The molecule has 0 aliphatic rings. The third kappa shape index (κ3) is 4.06. The van der Waals surface area contributed by atoms with Gasteiger partial charge in [-0.25, -0.2) is 5.21 Å². The number of rotatable bonds is 6. The number of hydrogen-bond acceptors (Lipinski definition) is 4. The van der Waals surface area contributed by atoms with E-state index in [2.05, 4.69) is 5.32 Å². The number of nitrogens with two attached hydrogens (primary N) is 3. The Morgan fingerprint density at radius 3 is 2.58 bits per heavy atom. The molecule has 1 aromatic rings. The highest BCUT2D eigenvalue weighted by Crippen LogP contribution is 2.19. The summed E-state index contributed by atoms with van der Waals surface area (Å²) in [6.07, 6.45) is 0. The van der Waals surface area contributed by atoms with Crippen molar-refractivity contribution >= 4 is 17.3 Å². The van der Waals surface area contributed by atoms with Gasteiger partial charge in [-0.15, -0.1) is 0 Å². The van der Waals surface area contributed by atoms with Crippen molar-refractivity contribution in [3.05, 3.63) is 34.9 Å². The van der Waals surface area contributed by atoms with E-state index in [1.165, 1.54) is 0 Å². The van der Waals surface area contributed by atoms with Crippen LogP contribution in [0.4, 0.5) is 11.4 Å². The van der Waals surface area contributed by atoms with E-state index in [0.29, 0.717) is 24.3 Å². The van der Waals surface area contributed by atoms with Gasteiger partial charge >= 0.3 is 0 Å². The van der Waals surface area contributed by atoms with E-state index in [-0.39, 0.29) is 0 Å². The molecule has 0 atom stereocenters. The minimum atomic E-state index is -0.523. The summed E-state index contributed by atoms with van der Waals surface area (Å²) in [7, 11) is 0. The number of hydrogen-bond donors (Lipinski definition) is 5. The predicted octanol–water partition coefficient (Wildman–Crippen LogP) is 0.0766. The Bertz CT molecular complexity index is 497. The molecule has 0 radical (unpaired) electrons. The van der Waals surface area contributed by atoms with Crippen LogP contribution in [0.5, 0.6) is 0 Å². The number of benzene rings is 1. The molecule has 1 amide bonds. The largest absolute Gasteiger partial charge is 0.376 e. The highest BCUT2D eigenvalue weighted by Gasteiger charge is 2.10. The lowest BCUT2D eigenvalue weighted by Gasteiger charge is -2.11. The minimum Gasteiger partial charge on any atom is -0.376 e. The fourth-order valence-electron chi connectivity index (χ4n) is 1.54. The van der Waals surface area contributed by atoms with Crippen LogP contribution in [0.3, 0.4) is 0 Å². The van der Waals surface area contributed by atoms with Crippen molar-refractivity contribution in [1.29, 1.82) is 0 Å². The SMILES string of the molecule is C/C(CN)=C(/C)CNc1ccc(C(N)=O)cc1[NH2+]O. The second kappa shape index (κ2) is 6.89. The van der Waals surface area contributed by atoms with E-state index in [4.69, 9.17) is 11.5 Å². The number of carbonyl (C=O) groups excluding carboxylic acids is 1. The molecule has 0 saturated heterocycles. The van der Waals surface area contributed by atoms with Crippen molar-refractivity contribution in [2.45, 2.75) is 13.8 Å². The lowest BCUT2D eigenvalue weighted by atomic mass is 10.1. The van der Waals surface area contributed by atoms with Crippen molar-refractivity contribution in [2.24, 2.45) is 11.5 Å². The van der Waals surface area contributed by atoms with E-state index in [9.17, 15) is 10.0 Å². The van der Waals surface area contributed by atoms with Crippen molar-refractivity contribution in [3.8, 4) is 0 Å². The summed E-state index contributed by atoms with van der Waals surface area (Å²) in [6.45, 7) is 5.12. The fraction of sp³-hybridized carbons (Fsp3) is 0.308. The Labute approximate surface area is 112 Å². The Morgan fingerprint density at radius 1 is 1.37 bits per heavy atom. The van der Waals surface area contributed by atoms with Crippen LogP contribution in [-0.2, 0) is 0 Å². The molecule has 6 heteroatoms. The lowest BCUT2D eigenvalue weighted by molar-refractivity contribution is -0.825. The molecule has 19 heavy (non-hydrogen) atoms. The third-order valence-corrected chi connectivity index (χ3v) is 3.05. The van der Waals surface area contributed by atoms with E-state index in [1.807, 2.05) is 13.8 Å². The number of nitrogens with one attached hydrogen (secondary N) is 1. The van der Waals surface area contributed by atoms with E-state index >= 15 is 0 Å². The van der Waals surface area contributed by atoms with Crippen LogP contribution < -0.4 is 22.3 Å². The third-order valence-electron chi connectivity index (χ3n) is 3.05. The van der Waals surface area contributed by atoms with Crippen LogP contribution in [0, 0.1) is 0 Å². The first kappa shape index (κ1) is 15.2. The van der Waals surface area contributed by atoms with Gasteiger partial charge in [-0.05, 0) is 26.0 Å². The molecule has 0 aromatic heterocycles. The molecule has 0 aliphatic carbocycles. The Kier molecular flexibility index (Phi) is 5.50. The summed E-state index contributed by atoms with van der Waals surface area (Å²) in [6, 6.07) is 4.87. The first-order chi connectivity index (χ1) is 8.99. The maximum Gasteiger partial charge on any atom is 0.248 e. The standard InChI is InChI=1S/C13H20N4O2/c1-8(6-14)9(2)7-16-11-4-3-10(13(15)18)5-12(11)17-19/h3-5,16-17,19H,6-7,14H2,1-2H3,(H2,15,18)/p+1/b9-8+. The topological polar surface area (TPSA) is 118 Å². The smallest absolute Gasteiger partial charge is 0.248 e. The molecule has 6 nitrogen and oxygen atoms in total. The molecule has 1 aromatic carbocycles. The lowest BCUT2D eigenvalue weighted by Crippen LogP contribution is -2.74. The zero-order valence-electron chi connectivity index (χ0n) is 11.2. The monoisotopic (exact) mass is 265 g/mol. The molecular formula is C13H21N4O2+. The maximum absolute atomic E-state index is 11.1. The molecule has 0 spiro atoms. The molecule has 8 N–H and O–H groups in total. The summed E-state index contributed by atoms with van der Waals surface area (Å²) < 4.78 is 0. The Morgan fingerprint density at radius 2 is 2.05 bits per heavy atom. The zero-order chi connectivity index (χ0) is 14.4. The normalized spacial score (nSPS) is 12.0. The van der Waals surface area contributed by atoms with Crippen molar-refractivity contribution in [3.63, 3.8) is 0 Å². The minimum absolute atomic E-state index is 0.358. The molecule has 0 fully saturated rings. The van der Waals surface area contributed by atoms with Gasteiger partial charge in [0, 0.05) is 24.7 Å². The average Bonchev–Trinajstić information content (AvgIpc) is 2.43. The molecule has 104 valence electrons. The summed E-state index contributed by atoms with van der Waals surface area (Å²) in [5.74, 6) is -0.523. The summed E-state index contributed by atoms with van der Waals surface area (Å²) in [5.41, 5.74) is 15.6. The first-order valence-corrected chi connectivity index (χ1v) is 6.00. The summed E-state index contributed by atoms with van der Waals surface area (Å²) in [5, 5.41) is 12.4. The van der Waals surface area contributed by atoms with Gasteiger partial charge in [-0.3, -0.25) is 4.79 Å². The number of anilines is 1. The summed E-state index contributed by atoms with van der Waals surface area (Å²) in [4.78, 5) is 11.1. The predicted molar refractivity (Wildman–Crippen MR) is 74.2 cm³/mol. The number of carbonyl (C=O) groups is 1. The highest BCUT2D eigenvalue weighted by molar-refractivity contribution is 5.94. The van der Waals surface area contributed by atoms with Crippen molar-refractivity contribution in [1.82, 2.24) is 0 Å². The Hall–Kier alpha value is -1.89. The van der Waals surface area contributed by atoms with Gasteiger partial charge in [-0.1, -0.05) is 11.1 Å². The van der Waals surface area contributed by atoms with Gasteiger partial charge in [0.05, 0.1) is 5.69 Å². The molecule has 0 heterocycles. The van der Waals surface area contributed by atoms with E-state index < -0.39 is 5.91 Å². The van der Waals surface area contributed by atoms with Gasteiger partial charge in [0.1, 0.15) is 0 Å². The highest BCUT2D eigenvalue weighted by atomic mass is 16.5. The maximum atomic E-state index is 11.1. The second-order valence-electron chi connectivity index (χ2n) is 4.41. The van der Waals surface area contributed by atoms with E-state index in [1.54, 1.807) is 18.2 Å². The van der Waals surface area contributed by atoms with Crippen LogP contribution in [0.25, 0.3) is 0 Å². The number of quaternary nitrogens is 1. The summed E-state index contributed by atoms with van der Waals surface area (Å²) >= 11 is 0. The zero-order valence-corrected chi connectivity index (χ0v) is 11.2. The number of amides is 1. The van der Waals surface area contributed by atoms with Gasteiger partial charge < -0.3 is 16.8 Å². The number of primary amides is 1. The molecule has 1 rings (SSSR count). The van der Waals surface area contributed by atoms with Gasteiger partial charge in [0.2, 0.25) is 5.91 Å². The Balaban J connectivity index is 2.87. The van der Waals surface area contributed by atoms with Crippen molar-refractivity contribution < 1.29 is 15.5 Å². The molecular weight excluding hydrogens is 244 g/mol. The van der Waals surface area contributed by atoms with Crippen LogP contribution >= 0.6 is 0 Å². The van der Waals surface area contributed by atoms with Crippen LogP contribution in [-0.4, -0.2) is 24.2 Å².